The summed E-state index contributed by atoms with van der Waals surface area (Å²) < 4.78 is 5.61. The number of benzene rings is 1. The van der Waals surface area contributed by atoms with Gasteiger partial charge in [-0.2, -0.15) is 0 Å². The number of amides is 1. The third-order valence-corrected chi connectivity index (χ3v) is 4.57. The Balaban J connectivity index is 1.49. The van der Waals surface area contributed by atoms with E-state index in [9.17, 15) is 4.79 Å². The molecule has 1 atom stereocenters. The van der Waals surface area contributed by atoms with E-state index in [1.807, 2.05) is 24.3 Å². The maximum Gasteiger partial charge on any atom is 0.270 e. The Kier molecular flexibility index (Phi) is 4.02. The first-order valence-corrected chi connectivity index (χ1v) is 8.41. The molecule has 2 aromatic rings. The van der Waals surface area contributed by atoms with Crippen molar-refractivity contribution in [2.75, 3.05) is 24.6 Å². The number of carbonyl (C=O) groups is 1. The predicted octanol–water partition coefficient (Wildman–Crippen LogP) is 2.33. The molecule has 1 fully saturated rings. The third-order valence-electron chi connectivity index (χ3n) is 4.57. The first kappa shape index (κ1) is 14.9. The summed E-state index contributed by atoms with van der Waals surface area (Å²) in [4.78, 5) is 23.3. The standard InChI is InChI=1S/C18H20N4O2/c23-18(21-15-11-24-16-7-3-2-6-13(15)16)14-10-17(20-12-19-14)22-8-4-1-5-9-22/h2-3,6-7,10,12,15H,1,4-5,8-9,11H2,(H,21,23). The van der Waals surface area contributed by atoms with E-state index in [-0.39, 0.29) is 11.9 Å². The van der Waals surface area contributed by atoms with Crippen LogP contribution in [0.4, 0.5) is 5.82 Å². The maximum atomic E-state index is 12.6. The molecule has 1 saturated heterocycles. The monoisotopic (exact) mass is 324 g/mol. The Morgan fingerprint density at radius 3 is 2.88 bits per heavy atom. The van der Waals surface area contributed by atoms with Gasteiger partial charge in [-0.15, -0.1) is 0 Å². The Morgan fingerprint density at radius 1 is 1.17 bits per heavy atom. The molecule has 0 saturated carbocycles. The molecule has 2 aliphatic heterocycles. The van der Waals surface area contributed by atoms with Gasteiger partial charge < -0.3 is 15.0 Å². The maximum absolute atomic E-state index is 12.6. The van der Waals surface area contributed by atoms with E-state index >= 15 is 0 Å². The zero-order chi connectivity index (χ0) is 16.4. The van der Waals surface area contributed by atoms with Gasteiger partial charge in [-0.3, -0.25) is 4.79 Å². The summed E-state index contributed by atoms with van der Waals surface area (Å²) in [6.45, 7) is 2.43. The van der Waals surface area contributed by atoms with Crippen LogP contribution in [0.1, 0.15) is 41.4 Å². The van der Waals surface area contributed by atoms with Crippen molar-refractivity contribution >= 4 is 11.7 Å². The van der Waals surface area contributed by atoms with Gasteiger partial charge in [0.05, 0.1) is 6.04 Å². The SMILES string of the molecule is O=C(NC1COc2ccccc21)c1cc(N2CCCCC2)ncn1. The molecule has 6 nitrogen and oxygen atoms in total. The number of nitrogens with one attached hydrogen (secondary N) is 1. The zero-order valence-electron chi connectivity index (χ0n) is 13.4. The highest BCUT2D eigenvalue weighted by atomic mass is 16.5. The quantitative estimate of drug-likeness (QED) is 0.938. The van der Waals surface area contributed by atoms with Crippen LogP contribution >= 0.6 is 0 Å². The number of hydrogen-bond acceptors (Lipinski definition) is 5. The molecule has 1 amide bonds. The predicted molar refractivity (Wildman–Crippen MR) is 90.2 cm³/mol. The van der Waals surface area contributed by atoms with Gasteiger partial charge in [0.25, 0.3) is 5.91 Å². The number of anilines is 1. The fraction of sp³-hybridized carbons (Fsp3) is 0.389. The van der Waals surface area contributed by atoms with Crippen molar-refractivity contribution in [1.29, 1.82) is 0 Å². The molecule has 0 aliphatic carbocycles. The molecule has 0 bridgehead atoms. The van der Waals surface area contributed by atoms with Gasteiger partial charge in [0, 0.05) is 24.7 Å². The lowest BCUT2D eigenvalue weighted by Crippen LogP contribution is -2.32. The summed E-state index contributed by atoms with van der Waals surface area (Å²) in [5.74, 6) is 1.47. The number of nitrogens with zero attached hydrogens (tertiary/aromatic N) is 3. The van der Waals surface area contributed by atoms with Crippen molar-refractivity contribution in [3.05, 3.63) is 47.9 Å². The smallest absolute Gasteiger partial charge is 0.270 e. The molecule has 3 heterocycles. The summed E-state index contributed by atoms with van der Waals surface area (Å²) in [7, 11) is 0. The summed E-state index contributed by atoms with van der Waals surface area (Å²) in [6.07, 6.45) is 5.07. The van der Waals surface area contributed by atoms with E-state index in [0.717, 1.165) is 30.2 Å². The second kappa shape index (κ2) is 6.47. The average molecular weight is 324 g/mol. The zero-order valence-corrected chi connectivity index (χ0v) is 13.4. The van der Waals surface area contributed by atoms with Crippen LogP contribution in [0.25, 0.3) is 0 Å². The summed E-state index contributed by atoms with van der Waals surface area (Å²) in [5, 5.41) is 3.01. The highest BCUT2D eigenvalue weighted by Crippen LogP contribution is 2.31. The van der Waals surface area contributed by atoms with Crippen LogP contribution in [0.5, 0.6) is 5.75 Å². The number of carbonyl (C=O) groups excluding carboxylic acids is 1. The Labute approximate surface area is 140 Å². The second-order valence-corrected chi connectivity index (χ2v) is 6.18. The van der Waals surface area contributed by atoms with Gasteiger partial charge in [0.2, 0.25) is 0 Å². The number of fused-ring (bicyclic) bond motifs is 1. The van der Waals surface area contributed by atoms with Gasteiger partial charge in [0.1, 0.15) is 30.2 Å². The summed E-state index contributed by atoms with van der Waals surface area (Å²) in [6, 6.07) is 9.42. The number of rotatable bonds is 3. The van der Waals surface area contributed by atoms with Crippen molar-refractivity contribution in [3.63, 3.8) is 0 Å². The molecule has 1 unspecified atom stereocenters. The Morgan fingerprint density at radius 2 is 2.00 bits per heavy atom. The molecule has 0 spiro atoms. The minimum Gasteiger partial charge on any atom is -0.491 e. The first-order chi connectivity index (χ1) is 11.8. The van der Waals surface area contributed by atoms with Crippen LogP contribution in [0.15, 0.2) is 36.7 Å². The van der Waals surface area contributed by atoms with Gasteiger partial charge in [-0.1, -0.05) is 18.2 Å². The highest BCUT2D eigenvalue weighted by Gasteiger charge is 2.26. The van der Waals surface area contributed by atoms with E-state index in [1.54, 1.807) is 6.07 Å². The van der Waals surface area contributed by atoms with Crippen LogP contribution in [0.2, 0.25) is 0 Å². The minimum absolute atomic E-state index is 0.137. The van der Waals surface area contributed by atoms with Crippen molar-refractivity contribution in [2.24, 2.45) is 0 Å². The number of piperidine rings is 1. The van der Waals surface area contributed by atoms with E-state index in [0.29, 0.717) is 12.3 Å². The number of aromatic nitrogens is 2. The van der Waals surface area contributed by atoms with Crippen LogP contribution in [0.3, 0.4) is 0 Å². The number of hydrogen-bond donors (Lipinski definition) is 1. The van der Waals surface area contributed by atoms with Crippen LogP contribution in [0, 0.1) is 0 Å². The highest BCUT2D eigenvalue weighted by molar-refractivity contribution is 5.93. The Bertz CT molecular complexity index is 743. The molecule has 1 aromatic heterocycles. The largest absolute Gasteiger partial charge is 0.491 e. The average Bonchev–Trinajstić information content (AvgIpc) is 3.06. The van der Waals surface area contributed by atoms with Gasteiger partial charge in [-0.25, -0.2) is 9.97 Å². The lowest BCUT2D eigenvalue weighted by Gasteiger charge is -2.27. The second-order valence-electron chi connectivity index (χ2n) is 6.18. The fourth-order valence-corrected chi connectivity index (χ4v) is 3.28. The van der Waals surface area contributed by atoms with Crippen LogP contribution < -0.4 is 15.0 Å². The molecule has 1 aromatic carbocycles. The summed E-state index contributed by atoms with van der Waals surface area (Å²) in [5.41, 5.74) is 1.41. The van der Waals surface area contributed by atoms with E-state index in [4.69, 9.17) is 4.74 Å². The minimum atomic E-state index is -0.194. The molecule has 0 radical (unpaired) electrons. The first-order valence-electron chi connectivity index (χ1n) is 8.41. The molecule has 124 valence electrons. The normalized spacial score (nSPS) is 19.5. The lowest BCUT2D eigenvalue weighted by atomic mass is 10.1. The van der Waals surface area contributed by atoms with Crippen molar-refractivity contribution in [3.8, 4) is 5.75 Å². The van der Waals surface area contributed by atoms with Crippen molar-refractivity contribution in [2.45, 2.75) is 25.3 Å². The lowest BCUT2D eigenvalue weighted by molar-refractivity contribution is 0.0925. The molecule has 6 heteroatoms. The van der Waals surface area contributed by atoms with Crippen LogP contribution in [-0.4, -0.2) is 35.6 Å². The Hall–Kier alpha value is -2.63. The van der Waals surface area contributed by atoms with E-state index in [1.165, 1.54) is 25.6 Å². The molecule has 2 aliphatic rings. The van der Waals surface area contributed by atoms with Gasteiger partial charge >= 0.3 is 0 Å². The molecular formula is C18H20N4O2. The number of ether oxygens (including phenoxy) is 1. The van der Waals surface area contributed by atoms with Crippen molar-refractivity contribution in [1.82, 2.24) is 15.3 Å². The topological polar surface area (TPSA) is 67.3 Å². The number of para-hydroxylation sites is 1. The summed E-state index contributed by atoms with van der Waals surface area (Å²) >= 11 is 0. The van der Waals surface area contributed by atoms with Gasteiger partial charge in [-0.05, 0) is 25.3 Å². The van der Waals surface area contributed by atoms with Crippen LogP contribution in [-0.2, 0) is 0 Å². The molecule has 1 N–H and O–H groups in total. The third kappa shape index (κ3) is 2.91. The fourth-order valence-electron chi connectivity index (χ4n) is 3.28. The molecule has 4 rings (SSSR count). The molecule has 24 heavy (non-hydrogen) atoms. The van der Waals surface area contributed by atoms with E-state index < -0.39 is 0 Å². The molecular weight excluding hydrogens is 304 g/mol. The van der Waals surface area contributed by atoms with Crippen molar-refractivity contribution < 1.29 is 9.53 Å². The van der Waals surface area contributed by atoms with Gasteiger partial charge in [0.15, 0.2) is 0 Å². The van der Waals surface area contributed by atoms with E-state index in [2.05, 4.69) is 20.2 Å².